The predicted molar refractivity (Wildman–Crippen MR) is 94.6 cm³/mol. The SMILES string of the molecule is O=C(Cc1cc([N+](=O)[O-])ccc1Nc1c(Cl)cccc1Cl)OCCO. The van der Waals surface area contributed by atoms with Gasteiger partial charge >= 0.3 is 5.97 Å². The van der Waals surface area contributed by atoms with Crippen LogP contribution in [-0.4, -0.2) is 29.2 Å². The summed E-state index contributed by atoms with van der Waals surface area (Å²) in [5.74, 6) is -0.622. The molecule has 9 heteroatoms. The molecule has 2 aromatic carbocycles. The zero-order valence-corrected chi connectivity index (χ0v) is 14.4. The van der Waals surface area contributed by atoms with Crippen LogP contribution in [-0.2, 0) is 16.0 Å². The number of aliphatic hydroxyl groups excluding tert-OH is 1. The molecule has 0 unspecified atom stereocenters. The van der Waals surface area contributed by atoms with Crippen LogP contribution >= 0.6 is 23.2 Å². The molecule has 0 aromatic heterocycles. The molecule has 0 saturated carbocycles. The molecule has 0 saturated heterocycles. The van der Waals surface area contributed by atoms with E-state index < -0.39 is 10.9 Å². The van der Waals surface area contributed by atoms with Crippen LogP contribution in [0, 0.1) is 10.1 Å². The maximum Gasteiger partial charge on any atom is 0.310 e. The Morgan fingerprint density at radius 1 is 1.24 bits per heavy atom. The average molecular weight is 385 g/mol. The molecule has 0 aliphatic heterocycles. The number of non-ortho nitro benzene ring substituents is 1. The molecule has 0 radical (unpaired) electrons. The van der Waals surface area contributed by atoms with E-state index in [2.05, 4.69) is 5.32 Å². The lowest BCUT2D eigenvalue weighted by atomic mass is 10.1. The largest absolute Gasteiger partial charge is 0.463 e. The first kappa shape index (κ1) is 19.0. The van der Waals surface area contributed by atoms with Gasteiger partial charge in [0.2, 0.25) is 0 Å². The number of benzene rings is 2. The third kappa shape index (κ3) is 5.06. The second-order valence-corrected chi connectivity index (χ2v) is 5.76. The molecule has 0 aliphatic rings. The molecule has 7 nitrogen and oxygen atoms in total. The first-order valence-electron chi connectivity index (χ1n) is 7.17. The van der Waals surface area contributed by atoms with Crippen LogP contribution in [0.1, 0.15) is 5.56 Å². The normalized spacial score (nSPS) is 10.4. The molecule has 2 rings (SSSR count). The zero-order chi connectivity index (χ0) is 18.4. The molecule has 0 spiro atoms. The summed E-state index contributed by atoms with van der Waals surface area (Å²) in [4.78, 5) is 22.2. The number of carbonyl (C=O) groups is 1. The highest BCUT2D eigenvalue weighted by atomic mass is 35.5. The van der Waals surface area contributed by atoms with Crippen LogP contribution in [0.5, 0.6) is 0 Å². The monoisotopic (exact) mass is 384 g/mol. The van der Waals surface area contributed by atoms with Gasteiger partial charge in [0, 0.05) is 17.8 Å². The lowest BCUT2D eigenvalue weighted by Crippen LogP contribution is -2.12. The molecule has 0 atom stereocenters. The van der Waals surface area contributed by atoms with E-state index in [4.69, 9.17) is 33.0 Å². The summed E-state index contributed by atoms with van der Waals surface area (Å²) in [7, 11) is 0. The summed E-state index contributed by atoms with van der Waals surface area (Å²) in [6.45, 7) is -0.451. The Balaban J connectivity index is 2.35. The number of ether oxygens (including phenoxy) is 1. The number of para-hydroxylation sites is 1. The van der Waals surface area contributed by atoms with E-state index in [1.165, 1.54) is 18.2 Å². The summed E-state index contributed by atoms with van der Waals surface area (Å²) in [5, 5.41) is 23.4. The topological polar surface area (TPSA) is 102 Å². The molecule has 25 heavy (non-hydrogen) atoms. The summed E-state index contributed by atoms with van der Waals surface area (Å²) >= 11 is 12.2. The number of esters is 1. The lowest BCUT2D eigenvalue weighted by molar-refractivity contribution is -0.384. The van der Waals surface area contributed by atoms with Crippen LogP contribution in [0.2, 0.25) is 10.0 Å². The van der Waals surface area contributed by atoms with Crippen LogP contribution in [0.4, 0.5) is 17.1 Å². The van der Waals surface area contributed by atoms with Crippen LogP contribution in [0.25, 0.3) is 0 Å². The van der Waals surface area contributed by atoms with Gasteiger partial charge in [-0.3, -0.25) is 14.9 Å². The average Bonchev–Trinajstić information content (AvgIpc) is 2.57. The fraction of sp³-hybridized carbons (Fsp3) is 0.188. The minimum Gasteiger partial charge on any atom is -0.463 e. The maximum absolute atomic E-state index is 11.8. The highest BCUT2D eigenvalue weighted by molar-refractivity contribution is 6.39. The van der Waals surface area contributed by atoms with Crippen molar-refractivity contribution in [3.8, 4) is 0 Å². The number of carbonyl (C=O) groups excluding carboxylic acids is 1. The van der Waals surface area contributed by atoms with Crippen LogP contribution < -0.4 is 5.32 Å². The Morgan fingerprint density at radius 3 is 2.52 bits per heavy atom. The van der Waals surface area contributed by atoms with E-state index in [1.54, 1.807) is 18.2 Å². The molecule has 132 valence electrons. The Labute approximate surface area is 153 Å². The van der Waals surface area contributed by atoms with E-state index >= 15 is 0 Å². The van der Waals surface area contributed by atoms with Gasteiger partial charge in [0.15, 0.2) is 0 Å². The number of anilines is 2. The van der Waals surface area contributed by atoms with Gasteiger partial charge in [0.1, 0.15) is 6.61 Å². The number of nitro benzene ring substituents is 1. The molecule has 0 aliphatic carbocycles. The van der Waals surface area contributed by atoms with E-state index in [-0.39, 0.29) is 25.3 Å². The van der Waals surface area contributed by atoms with E-state index in [0.717, 1.165) is 0 Å². The summed E-state index contributed by atoms with van der Waals surface area (Å²) in [6, 6.07) is 8.99. The van der Waals surface area contributed by atoms with Gasteiger partial charge in [-0.05, 0) is 23.8 Å². The predicted octanol–water partition coefficient (Wildman–Crippen LogP) is 3.72. The minimum absolute atomic E-state index is 0.146. The third-order valence-electron chi connectivity index (χ3n) is 3.21. The molecule has 0 amide bonds. The Kier molecular flexibility index (Phi) is 6.58. The number of aliphatic hydroxyl groups is 1. The smallest absolute Gasteiger partial charge is 0.310 e. The fourth-order valence-corrected chi connectivity index (χ4v) is 2.57. The molecule has 0 heterocycles. The Morgan fingerprint density at radius 2 is 1.92 bits per heavy atom. The maximum atomic E-state index is 11.8. The Bertz CT molecular complexity index is 778. The number of nitrogens with zero attached hydrogens (tertiary/aromatic N) is 1. The number of nitrogens with one attached hydrogen (secondary N) is 1. The standard InChI is InChI=1S/C16H14Cl2N2O5/c17-12-2-1-3-13(18)16(12)19-14-5-4-11(20(23)24)8-10(14)9-15(22)25-7-6-21/h1-5,8,19,21H,6-7,9H2. The van der Waals surface area contributed by atoms with Crippen molar-refractivity contribution in [3.05, 3.63) is 62.1 Å². The highest BCUT2D eigenvalue weighted by Crippen LogP contribution is 2.34. The number of halogens is 2. The van der Waals surface area contributed by atoms with Gasteiger partial charge in [0.05, 0.1) is 33.7 Å². The molecule has 2 aromatic rings. The number of nitro groups is 1. The first-order valence-corrected chi connectivity index (χ1v) is 7.92. The van der Waals surface area contributed by atoms with E-state index in [1.807, 2.05) is 0 Å². The first-order chi connectivity index (χ1) is 11.9. The molecule has 0 fully saturated rings. The van der Waals surface area contributed by atoms with Crippen molar-refractivity contribution < 1.29 is 19.6 Å². The molecular weight excluding hydrogens is 371 g/mol. The number of hydrogen-bond donors (Lipinski definition) is 2. The van der Waals surface area contributed by atoms with Gasteiger partial charge in [-0.1, -0.05) is 29.3 Å². The van der Waals surface area contributed by atoms with Crippen LogP contribution in [0.15, 0.2) is 36.4 Å². The highest BCUT2D eigenvalue weighted by Gasteiger charge is 2.16. The fourth-order valence-electron chi connectivity index (χ4n) is 2.08. The van der Waals surface area contributed by atoms with Gasteiger partial charge in [0.25, 0.3) is 5.69 Å². The number of hydrogen-bond acceptors (Lipinski definition) is 6. The molecule has 0 bridgehead atoms. The van der Waals surface area contributed by atoms with E-state index in [0.29, 0.717) is 27.0 Å². The van der Waals surface area contributed by atoms with Gasteiger partial charge < -0.3 is 15.2 Å². The summed E-state index contributed by atoms with van der Waals surface area (Å²) in [5.41, 5.74) is 1.03. The van der Waals surface area contributed by atoms with Crippen molar-refractivity contribution in [1.29, 1.82) is 0 Å². The van der Waals surface area contributed by atoms with Crippen molar-refractivity contribution >= 4 is 46.2 Å². The van der Waals surface area contributed by atoms with Crippen molar-refractivity contribution in [2.45, 2.75) is 6.42 Å². The van der Waals surface area contributed by atoms with Gasteiger partial charge in [-0.2, -0.15) is 0 Å². The number of rotatable bonds is 7. The third-order valence-corrected chi connectivity index (χ3v) is 3.84. The quantitative estimate of drug-likeness (QED) is 0.428. The van der Waals surface area contributed by atoms with Gasteiger partial charge in [-0.25, -0.2) is 0 Å². The molecule has 2 N–H and O–H groups in total. The Hall–Kier alpha value is -2.35. The van der Waals surface area contributed by atoms with Crippen molar-refractivity contribution in [1.82, 2.24) is 0 Å². The van der Waals surface area contributed by atoms with Crippen molar-refractivity contribution in [2.24, 2.45) is 0 Å². The van der Waals surface area contributed by atoms with Crippen molar-refractivity contribution in [3.63, 3.8) is 0 Å². The second kappa shape index (κ2) is 8.66. The van der Waals surface area contributed by atoms with Gasteiger partial charge in [-0.15, -0.1) is 0 Å². The lowest BCUT2D eigenvalue weighted by Gasteiger charge is -2.14. The van der Waals surface area contributed by atoms with Crippen LogP contribution in [0.3, 0.4) is 0 Å². The second-order valence-electron chi connectivity index (χ2n) is 4.94. The van der Waals surface area contributed by atoms with Crippen molar-refractivity contribution in [2.75, 3.05) is 18.5 Å². The minimum atomic E-state index is -0.622. The summed E-state index contributed by atoms with van der Waals surface area (Å²) < 4.78 is 4.81. The van der Waals surface area contributed by atoms with E-state index in [9.17, 15) is 14.9 Å². The zero-order valence-electron chi connectivity index (χ0n) is 12.9. The molecular formula is C16H14Cl2N2O5. The summed E-state index contributed by atoms with van der Waals surface area (Å²) in [6.07, 6.45) is -0.216.